The van der Waals surface area contributed by atoms with Crippen LogP contribution in [0.1, 0.15) is 23.6 Å². The molecule has 1 aliphatic rings. The molecule has 4 nitrogen and oxygen atoms in total. The number of carbonyl (C=O) groups excluding carboxylic acids is 1. The normalized spacial score (nSPS) is 20.5. The van der Waals surface area contributed by atoms with Crippen molar-refractivity contribution in [3.05, 3.63) is 63.6 Å². The Bertz CT molecular complexity index is 736. The second kappa shape index (κ2) is 6.89. The van der Waals surface area contributed by atoms with Gasteiger partial charge in [-0.15, -0.1) is 0 Å². The number of hydrogen-bond acceptors (Lipinski definition) is 3. The summed E-state index contributed by atoms with van der Waals surface area (Å²) in [5.74, 6) is -0.0857. The Labute approximate surface area is 145 Å². The number of halogens is 2. The predicted molar refractivity (Wildman–Crippen MR) is 93.7 cm³/mol. The molecule has 120 valence electrons. The van der Waals surface area contributed by atoms with Gasteiger partial charge in [-0.05, 0) is 48.7 Å². The number of anilines is 1. The number of hydrazine groups is 1. The van der Waals surface area contributed by atoms with Crippen molar-refractivity contribution in [2.75, 3.05) is 5.32 Å². The number of rotatable bonds is 3. The van der Waals surface area contributed by atoms with E-state index in [2.05, 4.69) is 16.2 Å². The van der Waals surface area contributed by atoms with E-state index in [0.29, 0.717) is 16.5 Å². The molecule has 0 aromatic heterocycles. The molecule has 2 aromatic carbocycles. The Morgan fingerprint density at radius 3 is 2.70 bits per heavy atom. The van der Waals surface area contributed by atoms with Gasteiger partial charge in [-0.1, -0.05) is 41.4 Å². The summed E-state index contributed by atoms with van der Waals surface area (Å²) in [6.07, 6.45) is 0.627. The molecule has 3 rings (SSSR count). The molecule has 0 saturated carbocycles. The first-order valence-electron chi connectivity index (χ1n) is 7.37. The van der Waals surface area contributed by atoms with Gasteiger partial charge in [0, 0.05) is 21.8 Å². The fraction of sp³-hybridized carbons (Fsp3) is 0.235. The zero-order valence-electron chi connectivity index (χ0n) is 12.6. The average Bonchev–Trinajstić information content (AvgIpc) is 3.00. The third-order valence-corrected chi connectivity index (χ3v) is 4.53. The van der Waals surface area contributed by atoms with Crippen LogP contribution in [0.25, 0.3) is 0 Å². The second-order valence-corrected chi connectivity index (χ2v) is 6.44. The standard InChI is InChI=1S/C17H17Cl2N3O/c1-10-8-11(18)6-7-14(10)20-17(23)16-9-15(21-22-16)12-4-2-3-5-13(12)19/h2-8,15-16,21-22H,9H2,1H3,(H,20,23). The molecular formula is C17H17Cl2N3O. The lowest BCUT2D eigenvalue weighted by molar-refractivity contribution is -0.117. The Morgan fingerprint density at radius 2 is 1.96 bits per heavy atom. The lowest BCUT2D eigenvalue weighted by Gasteiger charge is -2.13. The van der Waals surface area contributed by atoms with Crippen molar-refractivity contribution in [2.24, 2.45) is 0 Å². The van der Waals surface area contributed by atoms with Crippen LogP contribution in [0.2, 0.25) is 10.0 Å². The SMILES string of the molecule is Cc1cc(Cl)ccc1NC(=O)C1CC(c2ccccc2Cl)NN1. The van der Waals surface area contributed by atoms with Crippen LogP contribution in [0.5, 0.6) is 0 Å². The van der Waals surface area contributed by atoms with E-state index in [0.717, 1.165) is 16.8 Å². The van der Waals surface area contributed by atoms with Crippen molar-refractivity contribution < 1.29 is 4.79 Å². The van der Waals surface area contributed by atoms with Crippen molar-refractivity contribution >= 4 is 34.8 Å². The highest BCUT2D eigenvalue weighted by molar-refractivity contribution is 6.31. The number of carbonyl (C=O) groups is 1. The molecule has 3 N–H and O–H groups in total. The molecule has 0 aliphatic carbocycles. The highest BCUT2D eigenvalue weighted by Crippen LogP contribution is 2.29. The summed E-state index contributed by atoms with van der Waals surface area (Å²) in [6.45, 7) is 1.91. The van der Waals surface area contributed by atoms with Crippen LogP contribution in [0.15, 0.2) is 42.5 Å². The summed E-state index contributed by atoms with van der Waals surface area (Å²) in [6, 6.07) is 12.7. The van der Waals surface area contributed by atoms with Crippen molar-refractivity contribution in [1.29, 1.82) is 0 Å². The number of aryl methyl sites for hydroxylation is 1. The van der Waals surface area contributed by atoms with E-state index in [-0.39, 0.29) is 18.0 Å². The maximum atomic E-state index is 12.4. The first-order chi connectivity index (χ1) is 11.0. The minimum Gasteiger partial charge on any atom is -0.324 e. The number of nitrogens with one attached hydrogen (secondary N) is 3. The first kappa shape index (κ1) is 16.3. The maximum absolute atomic E-state index is 12.4. The van der Waals surface area contributed by atoms with Gasteiger partial charge >= 0.3 is 0 Å². The van der Waals surface area contributed by atoms with E-state index in [1.54, 1.807) is 6.07 Å². The monoisotopic (exact) mass is 349 g/mol. The molecule has 1 amide bonds. The molecule has 23 heavy (non-hydrogen) atoms. The Kier molecular flexibility index (Phi) is 4.87. The van der Waals surface area contributed by atoms with Gasteiger partial charge in [0.25, 0.3) is 0 Å². The fourth-order valence-electron chi connectivity index (χ4n) is 2.68. The van der Waals surface area contributed by atoms with Crippen molar-refractivity contribution in [3.8, 4) is 0 Å². The summed E-state index contributed by atoms with van der Waals surface area (Å²) < 4.78 is 0. The minimum atomic E-state index is -0.327. The Hall–Kier alpha value is -1.59. The van der Waals surface area contributed by atoms with Gasteiger partial charge in [0.1, 0.15) is 6.04 Å². The molecule has 0 bridgehead atoms. The zero-order valence-corrected chi connectivity index (χ0v) is 14.1. The van der Waals surface area contributed by atoms with Crippen LogP contribution in [-0.2, 0) is 4.79 Å². The molecule has 1 heterocycles. The number of benzene rings is 2. The molecule has 2 atom stereocenters. The third kappa shape index (κ3) is 3.67. The largest absolute Gasteiger partial charge is 0.324 e. The van der Waals surface area contributed by atoms with E-state index in [1.807, 2.05) is 43.3 Å². The quantitative estimate of drug-likeness (QED) is 0.788. The van der Waals surface area contributed by atoms with Crippen LogP contribution < -0.4 is 16.2 Å². The van der Waals surface area contributed by atoms with Gasteiger partial charge in [0.15, 0.2) is 0 Å². The van der Waals surface area contributed by atoms with Gasteiger partial charge in [0.05, 0.1) is 0 Å². The molecular weight excluding hydrogens is 333 g/mol. The van der Waals surface area contributed by atoms with Crippen LogP contribution in [0.3, 0.4) is 0 Å². The number of hydrogen-bond donors (Lipinski definition) is 3. The molecule has 0 spiro atoms. The topological polar surface area (TPSA) is 53.2 Å². The molecule has 6 heteroatoms. The third-order valence-electron chi connectivity index (χ3n) is 3.95. The van der Waals surface area contributed by atoms with E-state index in [9.17, 15) is 4.79 Å². The van der Waals surface area contributed by atoms with Crippen molar-refractivity contribution in [2.45, 2.75) is 25.4 Å². The van der Waals surface area contributed by atoms with Gasteiger partial charge < -0.3 is 5.32 Å². The highest BCUT2D eigenvalue weighted by atomic mass is 35.5. The van der Waals surface area contributed by atoms with E-state index >= 15 is 0 Å². The van der Waals surface area contributed by atoms with Crippen LogP contribution in [0.4, 0.5) is 5.69 Å². The lowest BCUT2D eigenvalue weighted by Crippen LogP contribution is -2.39. The molecule has 1 saturated heterocycles. The molecule has 0 radical (unpaired) electrons. The van der Waals surface area contributed by atoms with Crippen LogP contribution in [-0.4, -0.2) is 11.9 Å². The summed E-state index contributed by atoms with van der Waals surface area (Å²) in [5.41, 5.74) is 8.86. The maximum Gasteiger partial charge on any atom is 0.242 e. The number of amides is 1. The zero-order chi connectivity index (χ0) is 16.4. The van der Waals surface area contributed by atoms with Gasteiger partial charge in [-0.2, -0.15) is 0 Å². The van der Waals surface area contributed by atoms with Crippen molar-refractivity contribution in [1.82, 2.24) is 10.9 Å². The van der Waals surface area contributed by atoms with E-state index in [4.69, 9.17) is 23.2 Å². The molecule has 1 aliphatic heterocycles. The summed E-state index contributed by atoms with van der Waals surface area (Å²) in [5, 5.41) is 4.28. The molecule has 2 aromatic rings. The summed E-state index contributed by atoms with van der Waals surface area (Å²) in [7, 11) is 0. The first-order valence-corrected chi connectivity index (χ1v) is 8.12. The van der Waals surface area contributed by atoms with Crippen LogP contribution in [0, 0.1) is 6.92 Å². The van der Waals surface area contributed by atoms with E-state index < -0.39 is 0 Å². The average molecular weight is 350 g/mol. The van der Waals surface area contributed by atoms with Crippen LogP contribution >= 0.6 is 23.2 Å². The minimum absolute atomic E-state index is 0.00534. The summed E-state index contributed by atoms with van der Waals surface area (Å²) >= 11 is 12.2. The smallest absolute Gasteiger partial charge is 0.242 e. The van der Waals surface area contributed by atoms with Gasteiger partial charge in [-0.3, -0.25) is 4.79 Å². The predicted octanol–water partition coefficient (Wildman–Crippen LogP) is 3.85. The molecule has 1 fully saturated rings. The highest BCUT2D eigenvalue weighted by Gasteiger charge is 2.31. The Balaban J connectivity index is 1.67. The van der Waals surface area contributed by atoms with Crippen molar-refractivity contribution in [3.63, 3.8) is 0 Å². The van der Waals surface area contributed by atoms with Gasteiger partial charge in [-0.25, -0.2) is 10.9 Å². The Morgan fingerprint density at radius 1 is 1.17 bits per heavy atom. The fourth-order valence-corrected chi connectivity index (χ4v) is 3.17. The molecule has 2 unspecified atom stereocenters. The van der Waals surface area contributed by atoms with Gasteiger partial charge in [0.2, 0.25) is 5.91 Å². The summed E-state index contributed by atoms with van der Waals surface area (Å²) in [4.78, 5) is 12.4. The second-order valence-electron chi connectivity index (χ2n) is 5.60. The van der Waals surface area contributed by atoms with E-state index in [1.165, 1.54) is 0 Å². The lowest BCUT2D eigenvalue weighted by atomic mass is 10.0.